The Morgan fingerprint density at radius 2 is 1.77 bits per heavy atom. The number of nitrogens with one attached hydrogen (secondary N) is 1. The van der Waals surface area contributed by atoms with E-state index in [1.165, 1.54) is 5.56 Å². The first kappa shape index (κ1) is 16.2. The maximum atomic E-state index is 11.9. The molecule has 1 aliphatic heterocycles. The van der Waals surface area contributed by atoms with Crippen molar-refractivity contribution in [2.45, 2.75) is 39.0 Å². The summed E-state index contributed by atoms with van der Waals surface area (Å²) in [5, 5.41) is 3.86. The fourth-order valence-corrected chi connectivity index (χ4v) is 2.42. The Labute approximate surface area is 131 Å². The predicted octanol–water partition coefficient (Wildman–Crippen LogP) is 2.27. The van der Waals surface area contributed by atoms with Gasteiger partial charge < -0.3 is 4.90 Å². The Morgan fingerprint density at radius 1 is 1.14 bits per heavy atom. The van der Waals surface area contributed by atoms with Crippen LogP contribution in [0, 0.1) is 0 Å². The maximum Gasteiger partial charge on any atom is 0.329 e. The lowest BCUT2D eigenvalue weighted by molar-refractivity contribution is -0.146. The number of likely N-dealkylation sites (tertiary alicyclic amines) is 1. The van der Waals surface area contributed by atoms with E-state index < -0.39 is 11.8 Å². The molecule has 0 unspecified atom stereocenters. The second-order valence-corrected chi connectivity index (χ2v) is 5.87. The first-order valence-corrected chi connectivity index (χ1v) is 7.80. The number of rotatable bonds is 3. The normalized spacial score (nSPS) is 15.3. The van der Waals surface area contributed by atoms with Crippen LogP contribution >= 0.6 is 0 Å². The average Bonchev–Trinajstić information content (AvgIpc) is 2.55. The van der Waals surface area contributed by atoms with Crippen LogP contribution in [0.5, 0.6) is 0 Å². The average molecular weight is 301 g/mol. The Balaban J connectivity index is 1.85. The van der Waals surface area contributed by atoms with Gasteiger partial charge in [0.05, 0.1) is 6.21 Å². The number of carbonyl (C=O) groups excluding carboxylic acids is 2. The highest BCUT2D eigenvalue weighted by Gasteiger charge is 2.22. The van der Waals surface area contributed by atoms with Gasteiger partial charge in [0.2, 0.25) is 0 Å². The number of nitrogens with zero attached hydrogens (tertiary/aromatic N) is 2. The summed E-state index contributed by atoms with van der Waals surface area (Å²) < 4.78 is 0. The molecular formula is C17H23N3O2. The largest absolute Gasteiger partial charge is 0.334 e. The quantitative estimate of drug-likeness (QED) is 0.529. The minimum atomic E-state index is -0.669. The number of hydrazone groups is 1. The lowest BCUT2D eigenvalue weighted by atomic mass is 10.0. The van der Waals surface area contributed by atoms with Crippen molar-refractivity contribution >= 4 is 18.0 Å². The van der Waals surface area contributed by atoms with E-state index in [9.17, 15) is 9.59 Å². The monoisotopic (exact) mass is 301 g/mol. The Bertz CT molecular complexity index is 544. The Kier molecular flexibility index (Phi) is 5.69. The summed E-state index contributed by atoms with van der Waals surface area (Å²) in [6, 6.07) is 7.95. The molecule has 0 bridgehead atoms. The maximum absolute atomic E-state index is 11.9. The lowest BCUT2D eigenvalue weighted by Crippen LogP contribution is -2.43. The third-order valence-corrected chi connectivity index (χ3v) is 3.82. The number of hydrogen-bond donors (Lipinski definition) is 1. The fourth-order valence-electron chi connectivity index (χ4n) is 2.42. The molecule has 0 atom stereocenters. The minimum Gasteiger partial charge on any atom is -0.334 e. The van der Waals surface area contributed by atoms with Crippen LogP contribution in [0.2, 0.25) is 0 Å². The van der Waals surface area contributed by atoms with Gasteiger partial charge in [0.15, 0.2) is 0 Å². The van der Waals surface area contributed by atoms with Gasteiger partial charge in [-0.3, -0.25) is 9.59 Å². The highest BCUT2D eigenvalue weighted by Crippen LogP contribution is 2.13. The molecule has 0 spiro atoms. The number of amides is 2. The molecule has 5 nitrogen and oxygen atoms in total. The predicted molar refractivity (Wildman–Crippen MR) is 86.7 cm³/mol. The summed E-state index contributed by atoms with van der Waals surface area (Å²) in [4.78, 5) is 25.2. The fraction of sp³-hybridized carbons (Fsp3) is 0.471. The minimum absolute atomic E-state index is 0.479. The molecule has 0 aromatic heterocycles. The van der Waals surface area contributed by atoms with Crippen LogP contribution < -0.4 is 5.43 Å². The van der Waals surface area contributed by atoms with Crippen LogP contribution in [0.3, 0.4) is 0 Å². The highest BCUT2D eigenvalue weighted by molar-refractivity contribution is 6.35. The zero-order valence-electron chi connectivity index (χ0n) is 13.2. The van der Waals surface area contributed by atoms with Crippen molar-refractivity contribution in [2.75, 3.05) is 13.1 Å². The number of hydrogen-bond acceptors (Lipinski definition) is 3. The topological polar surface area (TPSA) is 61.8 Å². The van der Waals surface area contributed by atoms with E-state index in [0.717, 1.165) is 24.8 Å². The molecule has 1 heterocycles. The third-order valence-electron chi connectivity index (χ3n) is 3.82. The summed E-state index contributed by atoms with van der Waals surface area (Å²) in [5.41, 5.74) is 4.44. The van der Waals surface area contributed by atoms with Crippen molar-refractivity contribution in [3.05, 3.63) is 35.4 Å². The van der Waals surface area contributed by atoms with E-state index in [1.807, 2.05) is 24.3 Å². The van der Waals surface area contributed by atoms with E-state index >= 15 is 0 Å². The second-order valence-electron chi connectivity index (χ2n) is 5.87. The molecule has 0 saturated carbocycles. The van der Waals surface area contributed by atoms with Crippen molar-refractivity contribution < 1.29 is 9.59 Å². The van der Waals surface area contributed by atoms with Crippen LogP contribution in [0.25, 0.3) is 0 Å². The summed E-state index contributed by atoms with van der Waals surface area (Å²) in [6.07, 6.45) is 4.59. The second kappa shape index (κ2) is 7.73. The summed E-state index contributed by atoms with van der Waals surface area (Å²) in [7, 11) is 0. The zero-order valence-corrected chi connectivity index (χ0v) is 13.2. The molecule has 1 aromatic carbocycles. The number of benzene rings is 1. The van der Waals surface area contributed by atoms with Gasteiger partial charge in [-0.05, 0) is 36.3 Å². The molecular weight excluding hydrogens is 278 g/mol. The van der Waals surface area contributed by atoms with Crippen molar-refractivity contribution in [3.63, 3.8) is 0 Å². The van der Waals surface area contributed by atoms with Gasteiger partial charge in [0.25, 0.3) is 0 Å². The van der Waals surface area contributed by atoms with Crippen molar-refractivity contribution in [2.24, 2.45) is 5.10 Å². The van der Waals surface area contributed by atoms with Gasteiger partial charge in [-0.15, -0.1) is 0 Å². The Hall–Kier alpha value is -2.17. The lowest BCUT2D eigenvalue weighted by Gasteiger charge is -2.25. The Morgan fingerprint density at radius 3 is 2.36 bits per heavy atom. The smallest absolute Gasteiger partial charge is 0.329 e. The standard InChI is InChI=1S/C17H23N3O2/c1-13(2)15-8-6-14(7-9-15)12-18-19-16(21)17(22)20-10-4-3-5-11-20/h6-9,12-13H,3-5,10-11H2,1-2H3,(H,19,21)/b18-12+. The molecule has 22 heavy (non-hydrogen) atoms. The van der Waals surface area contributed by atoms with E-state index in [2.05, 4.69) is 24.4 Å². The van der Waals surface area contributed by atoms with Crippen LogP contribution in [-0.2, 0) is 9.59 Å². The molecule has 1 fully saturated rings. The van der Waals surface area contributed by atoms with E-state index in [-0.39, 0.29) is 0 Å². The van der Waals surface area contributed by atoms with Crippen molar-refractivity contribution in [3.8, 4) is 0 Å². The number of carbonyl (C=O) groups is 2. The van der Waals surface area contributed by atoms with Crippen LogP contribution in [0.1, 0.15) is 50.2 Å². The van der Waals surface area contributed by atoms with Crippen LogP contribution in [0.4, 0.5) is 0 Å². The summed E-state index contributed by atoms with van der Waals surface area (Å²) in [6.45, 7) is 5.59. The van der Waals surface area contributed by atoms with Crippen molar-refractivity contribution in [1.29, 1.82) is 0 Å². The molecule has 1 aromatic rings. The van der Waals surface area contributed by atoms with Crippen LogP contribution in [-0.4, -0.2) is 36.0 Å². The van der Waals surface area contributed by atoms with Gasteiger partial charge in [-0.1, -0.05) is 38.1 Å². The van der Waals surface area contributed by atoms with Gasteiger partial charge >= 0.3 is 11.8 Å². The first-order valence-electron chi connectivity index (χ1n) is 7.80. The van der Waals surface area contributed by atoms with Crippen molar-refractivity contribution in [1.82, 2.24) is 10.3 Å². The van der Waals surface area contributed by atoms with E-state index in [4.69, 9.17) is 0 Å². The van der Waals surface area contributed by atoms with Gasteiger partial charge in [0.1, 0.15) is 0 Å². The highest BCUT2D eigenvalue weighted by atomic mass is 16.2. The summed E-state index contributed by atoms with van der Waals surface area (Å²) in [5.74, 6) is -0.684. The molecule has 1 aliphatic rings. The molecule has 118 valence electrons. The summed E-state index contributed by atoms with van der Waals surface area (Å²) >= 11 is 0. The first-order chi connectivity index (χ1) is 10.6. The SMILES string of the molecule is CC(C)c1ccc(/C=N/NC(=O)C(=O)N2CCCCC2)cc1. The van der Waals surface area contributed by atoms with Gasteiger partial charge in [0, 0.05) is 13.1 Å². The van der Waals surface area contributed by atoms with E-state index in [0.29, 0.717) is 19.0 Å². The number of piperidine rings is 1. The van der Waals surface area contributed by atoms with E-state index in [1.54, 1.807) is 11.1 Å². The molecule has 0 radical (unpaired) electrons. The van der Waals surface area contributed by atoms with Crippen LogP contribution in [0.15, 0.2) is 29.4 Å². The molecule has 5 heteroatoms. The molecule has 2 rings (SSSR count). The molecule has 2 amide bonds. The molecule has 1 saturated heterocycles. The molecule has 1 N–H and O–H groups in total. The third kappa shape index (κ3) is 4.41. The zero-order chi connectivity index (χ0) is 15.9. The van der Waals surface area contributed by atoms with Gasteiger partial charge in [-0.25, -0.2) is 5.43 Å². The molecule has 0 aliphatic carbocycles. The van der Waals surface area contributed by atoms with Gasteiger partial charge in [-0.2, -0.15) is 5.10 Å².